The lowest BCUT2D eigenvalue weighted by atomic mass is 10.1. The van der Waals surface area contributed by atoms with Crippen LogP contribution < -0.4 is 15.1 Å². The second kappa shape index (κ2) is 5.57. The Hall–Kier alpha value is -2.57. The molecule has 7 heteroatoms. The molecule has 1 N–H and O–H groups in total. The van der Waals surface area contributed by atoms with Gasteiger partial charge in [0, 0.05) is 26.1 Å². The minimum atomic E-state index is -0.378. The highest BCUT2D eigenvalue weighted by molar-refractivity contribution is 6.07. The second-order valence-corrected chi connectivity index (χ2v) is 6.05. The summed E-state index contributed by atoms with van der Waals surface area (Å²) in [5, 5.41) is 6.73. The van der Waals surface area contributed by atoms with Crippen LogP contribution in [0.15, 0.2) is 24.5 Å². The van der Waals surface area contributed by atoms with E-state index in [1.165, 1.54) is 19.3 Å². The first-order chi connectivity index (χ1) is 11.2. The summed E-state index contributed by atoms with van der Waals surface area (Å²) in [6.07, 6.45) is 7.76. The molecular weight excluding hydrogens is 294 g/mol. The van der Waals surface area contributed by atoms with Crippen LogP contribution in [0.1, 0.15) is 25.7 Å². The maximum Gasteiger partial charge on any atom is 0.328 e. The van der Waals surface area contributed by atoms with Crippen molar-refractivity contribution in [2.75, 3.05) is 29.4 Å². The number of urea groups is 1. The molecule has 0 aliphatic carbocycles. The summed E-state index contributed by atoms with van der Waals surface area (Å²) in [6.45, 7) is 2.55. The molecular formula is C16H19N5O2. The van der Waals surface area contributed by atoms with Gasteiger partial charge in [0.25, 0.3) is 0 Å². The third-order valence-corrected chi connectivity index (χ3v) is 4.55. The van der Waals surface area contributed by atoms with Crippen molar-refractivity contribution in [1.82, 2.24) is 14.9 Å². The van der Waals surface area contributed by atoms with Crippen molar-refractivity contribution in [2.24, 2.45) is 0 Å². The van der Waals surface area contributed by atoms with Crippen molar-refractivity contribution in [3.63, 3.8) is 0 Å². The van der Waals surface area contributed by atoms with Gasteiger partial charge in [0.1, 0.15) is 0 Å². The minimum Gasteiger partial charge on any atom is -0.370 e. The zero-order valence-corrected chi connectivity index (χ0v) is 12.9. The van der Waals surface area contributed by atoms with Crippen molar-refractivity contribution in [2.45, 2.75) is 25.7 Å². The van der Waals surface area contributed by atoms with E-state index in [0.717, 1.165) is 30.0 Å². The van der Waals surface area contributed by atoms with Crippen molar-refractivity contribution >= 4 is 28.8 Å². The second-order valence-electron chi connectivity index (χ2n) is 6.05. The number of nitrogens with one attached hydrogen (secondary N) is 1. The highest BCUT2D eigenvalue weighted by atomic mass is 16.2. The van der Waals surface area contributed by atoms with Crippen LogP contribution in [0.25, 0.3) is 5.52 Å². The molecule has 2 aromatic rings. The van der Waals surface area contributed by atoms with Gasteiger partial charge in [0.05, 0.1) is 29.3 Å². The van der Waals surface area contributed by atoms with E-state index in [9.17, 15) is 9.59 Å². The number of hydrogen-bond acceptors (Lipinski definition) is 4. The van der Waals surface area contributed by atoms with Crippen LogP contribution in [0.5, 0.6) is 0 Å². The molecule has 7 nitrogen and oxygen atoms in total. The highest BCUT2D eigenvalue weighted by Gasteiger charge is 2.26. The Balaban J connectivity index is 1.65. The molecule has 3 amide bonds. The normalized spacial score (nSPS) is 19.3. The number of piperidine rings is 1. The molecule has 0 radical (unpaired) electrons. The van der Waals surface area contributed by atoms with Crippen molar-refractivity contribution in [3.8, 4) is 0 Å². The summed E-state index contributed by atoms with van der Waals surface area (Å²) < 4.78 is 1.81. The van der Waals surface area contributed by atoms with Crippen molar-refractivity contribution in [1.29, 1.82) is 0 Å². The van der Waals surface area contributed by atoms with E-state index in [2.05, 4.69) is 21.4 Å². The number of rotatable bonds is 2. The van der Waals surface area contributed by atoms with Crippen molar-refractivity contribution < 1.29 is 9.59 Å². The number of pyridine rings is 1. The molecule has 120 valence electrons. The van der Waals surface area contributed by atoms with Gasteiger partial charge >= 0.3 is 6.03 Å². The lowest BCUT2D eigenvalue weighted by Crippen LogP contribution is -2.49. The number of fused-ring (bicyclic) bond motifs is 1. The highest BCUT2D eigenvalue weighted by Crippen LogP contribution is 2.26. The first kappa shape index (κ1) is 14.0. The molecule has 0 spiro atoms. The number of aromatic nitrogens is 2. The standard InChI is InChI=1S/C16H19N5O2/c22-15-6-9-20(16(23)18-15)14-10-17-21-11-12(4-5-13(14)21)19-7-2-1-3-8-19/h4-5,10-11H,1-3,6-9H2,(H,18,22,23). The van der Waals surface area contributed by atoms with E-state index in [1.807, 2.05) is 16.8 Å². The topological polar surface area (TPSA) is 70.0 Å². The number of imide groups is 1. The summed E-state index contributed by atoms with van der Waals surface area (Å²) in [4.78, 5) is 27.2. The number of amides is 3. The van der Waals surface area contributed by atoms with Crippen molar-refractivity contribution in [3.05, 3.63) is 24.5 Å². The van der Waals surface area contributed by atoms with Crippen LogP contribution in [0.3, 0.4) is 0 Å². The zero-order valence-electron chi connectivity index (χ0n) is 12.9. The molecule has 2 aliphatic heterocycles. The summed E-state index contributed by atoms with van der Waals surface area (Å²) in [5.74, 6) is -0.227. The molecule has 2 aromatic heterocycles. The Labute approximate surface area is 133 Å². The van der Waals surface area contributed by atoms with E-state index in [1.54, 1.807) is 11.1 Å². The zero-order chi connectivity index (χ0) is 15.8. The molecule has 4 heterocycles. The number of hydrogen-bond donors (Lipinski definition) is 1. The van der Waals surface area contributed by atoms with Gasteiger partial charge in [-0.15, -0.1) is 0 Å². The van der Waals surface area contributed by atoms with Gasteiger partial charge < -0.3 is 4.90 Å². The monoisotopic (exact) mass is 313 g/mol. The van der Waals surface area contributed by atoms with Gasteiger partial charge in [-0.3, -0.25) is 15.0 Å². The molecule has 0 unspecified atom stereocenters. The first-order valence-corrected chi connectivity index (χ1v) is 8.06. The quantitative estimate of drug-likeness (QED) is 0.917. The number of anilines is 2. The average Bonchev–Trinajstić information content (AvgIpc) is 2.99. The van der Waals surface area contributed by atoms with E-state index in [4.69, 9.17) is 0 Å². The Bertz CT molecular complexity index is 763. The van der Waals surface area contributed by atoms with Crippen LogP contribution in [0, 0.1) is 0 Å². The maximum atomic E-state index is 12.0. The Morgan fingerprint density at radius 1 is 1.04 bits per heavy atom. The number of carbonyl (C=O) groups is 2. The molecule has 0 atom stereocenters. The molecule has 23 heavy (non-hydrogen) atoms. The molecule has 2 fully saturated rings. The fraction of sp³-hybridized carbons (Fsp3) is 0.438. The van der Waals surface area contributed by atoms with E-state index < -0.39 is 0 Å². The molecule has 4 rings (SSSR count). The maximum absolute atomic E-state index is 12.0. The summed E-state index contributed by atoms with van der Waals surface area (Å²) in [5.41, 5.74) is 2.76. The molecule has 0 saturated carbocycles. The number of nitrogens with zero attached hydrogens (tertiary/aromatic N) is 4. The summed E-state index contributed by atoms with van der Waals surface area (Å²) in [7, 11) is 0. The van der Waals surface area contributed by atoms with Gasteiger partial charge in [-0.1, -0.05) is 0 Å². The fourth-order valence-electron chi connectivity index (χ4n) is 3.30. The molecule has 0 aromatic carbocycles. The van der Waals surface area contributed by atoms with E-state index in [-0.39, 0.29) is 11.9 Å². The summed E-state index contributed by atoms with van der Waals surface area (Å²) >= 11 is 0. The van der Waals surface area contributed by atoms with Crippen LogP contribution in [0.4, 0.5) is 16.2 Å². The van der Waals surface area contributed by atoms with Gasteiger partial charge in [0.2, 0.25) is 5.91 Å². The Kier molecular flexibility index (Phi) is 3.40. The van der Waals surface area contributed by atoms with E-state index in [0.29, 0.717) is 13.0 Å². The molecule has 2 aliphatic rings. The van der Waals surface area contributed by atoms with Crippen LogP contribution in [-0.2, 0) is 4.79 Å². The Morgan fingerprint density at radius 2 is 1.87 bits per heavy atom. The van der Waals surface area contributed by atoms with Crippen LogP contribution in [0.2, 0.25) is 0 Å². The largest absolute Gasteiger partial charge is 0.370 e. The minimum absolute atomic E-state index is 0.227. The number of carbonyl (C=O) groups excluding carboxylic acids is 2. The smallest absolute Gasteiger partial charge is 0.328 e. The molecule has 0 bridgehead atoms. The van der Waals surface area contributed by atoms with Crippen LogP contribution in [-0.4, -0.2) is 41.2 Å². The Morgan fingerprint density at radius 3 is 2.65 bits per heavy atom. The van der Waals surface area contributed by atoms with Gasteiger partial charge in [-0.05, 0) is 31.4 Å². The van der Waals surface area contributed by atoms with Gasteiger partial charge in [-0.2, -0.15) is 5.10 Å². The lowest BCUT2D eigenvalue weighted by molar-refractivity contribution is -0.120. The predicted molar refractivity (Wildman–Crippen MR) is 86.8 cm³/mol. The van der Waals surface area contributed by atoms with Gasteiger partial charge in [0.15, 0.2) is 0 Å². The molecule has 2 saturated heterocycles. The lowest BCUT2D eigenvalue weighted by Gasteiger charge is -2.29. The fourth-order valence-corrected chi connectivity index (χ4v) is 3.30. The van der Waals surface area contributed by atoms with Crippen LogP contribution >= 0.6 is 0 Å². The SMILES string of the molecule is O=C1CCN(c2cnn3cc(N4CCCCC4)ccc23)C(=O)N1. The third-order valence-electron chi connectivity index (χ3n) is 4.55. The average molecular weight is 313 g/mol. The summed E-state index contributed by atoms with van der Waals surface area (Å²) in [6, 6.07) is 3.70. The first-order valence-electron chi connectivity index (χ1n) is 8.06. The predicted octanol–water partition coefficient (Wildman–Crippen LogP) is 1.77. The third kappa shape index (κ3) is 2.52. The van der Waals surface area contributed by atoms with E-state index >= 15 is 0 Å². The van der Waals surface area contributed by atoms with Gasteiger partial charge in [-0.25, -0.2) is 9.31 Å².